The number of carbonyl (C=O) groups excluding carboxylic acids is 1. The molecular formula is C19H19N3O7S2. The van der Waals surface area contributed by atoms with Gasteiger partial charge in [-0.2, -0.15) is 5.10 Å². The first-order valence-electron chi connectivity index (χ1n) is 8.77. The molecule has 0 aliphatic carbocycles. The highest BCUT2D eigenvalue weighted by Crippen LogP contribution is 2.36. The number of nitrogens with one attached hydrogen (secondary N) is 1. The van der Waals surface area contributed by atoms with Crippen LogP contribution in [0, 0.1) is 0 Å². The van der Waals surface area contributed by atoms with Crippen LogP contribution in [0.25, 0.3) is 0 Å². The van der Waals surface area contributed by atoms with Gasteiger partial charge in [-0.15, -0.1) is 11.3 Å². The monoisotopic (exact) mass is 465 g/mol. The Morgan fingerprint density at radius 1 is 1.29 bits per heavy atom. The molecule has 1 aromatic carbocycles. The van der Waals surface area contributed by atoms with Gasteiger partial charge in [0.05, 0.1) is 26.7 Å². The maximum absolute atomic E-state index is 12.2. The third-order valence-corrected chi connectivity index (χ3v) is 6.42. The number of benzene rings is 1. The molecule has 1 amide bonds. The molecule has 0 saturated heterocycles. The van der Waals surface area contributed by atoms with Crippen LogP contribution in [0.15, 0.2) is 45.4 Å². The van der Waals surface area contributed by atoms with E-state index >= 15 is 0 Å². The molecule has 0 aliphatic rings. The number of sulfone groups is 1. The first kappa shape index (κ1) is 22.3. The van der Waals surface area contributed by atoms with E-state index in [1.54, 1.807) is 12.1 Å². The van der Waals surface area contributed by atoms with Crippen molar-refractivity contribution in [2.24, 2.45) is 5.10 Å². The minimum absolute atomic E-state index is 0.0474. The fourth-order valence-electron chi connectivity index (χ4n) is 2.54. The molecule has 12 heteroatoms. The molecule has 0 aliphatic heterocycles. The number of ether oxygens (including phenoxy) is 2. The first-order chi connectivity index (χ1) is 14.8. The van der Waals surface area contributed by atoms with E-state index in [0.717, 1.165) is 11.3 Å². The van der Waals surface area contributed by atoms with E-state index in [4.69, 9.17) is 13.9 Å². The van der Waals surface area contributed by atoms with Crippen LogP contribution in [0.1, 0.15) is 26.8 Å². The van der Waals surface area contributed by atoms with Gasteiger partial charge in [0.1, 0.15) is 28.0 Å². The fourth-order valence-corrected chi connectivity index (χ4v) is 5.05. The van der Waals surface area contributed by atoms with Crippen molar-refractivity contribution >= 4 is 33.3 Å². The Morgan fingerprint density at radius 2 is 2.00 bits per heavy atom. The van der Waals surface area contributed by atoms with Gasteiger partial charge in [-0.05, 0) is 24.3 Å². The standard InChI is InChI=1S/C19H19N3O7S2/c1-27-15-6-12(7-16(28-2)18(15)23)8-20-22-19(24)14-9-30-17(21-14)11-31(25,26)10-13-4-3-5-29-13/h3-9,23H,10-11H2,1-2H3,(H,22,24). The molecule has 0 spiro atoms. The van der Waals surface area contributed by atoms with Crippen LogP contribution in [0.3, 0.4) is 0 Å². The summed E-state index contributed by atoms with van der Waals surface area (Å²) >= 11 is 1.06. The molecule has 164 valence electrons. The van der Waals surface area contributed by atoms with Crippen LogP contribution in [0.2, 0.25) is 0 Å². The molecule has 0 atom stereocenters. The van der Waals surface area contributed by atoms with Gasteiger partial charge in [0.2, 0.25) is 5.75 Å². The van der Waals surface area contributed by atoms with Crippen molar-refractivity contribution in [1.29, 1.82) is 0 Å². The Morgan fingerprint density at radius 3 is 2.61 bits per heavy atom. The summed E-state index contributed by atoms with van der Waals surface area (Å²) in [6.07, 6.45) is 2.74. The number of phenolic OH excluding ortho intramolecular Hbond substituents is 1. The van der Waals surface area contributed by atoms with Gasteiger partial charge in [-0.3, -0.25) is 4.79 Å². The number of nitrogens with zero attached hydrogens (tertiary/aromatic N) is 2. The maximum Gasteiger partial charge on any atom is 0.290 e. The van der Waals surface area contributed by atoms with Gasteiger partial charge >= 0.3 is 0 Å². The first-order valence-corrected chi connectivity index (χ1v) is 11.5. The number of aromatic nitrogens is 1. The third-order valence-electron chi connectivity index (χ3n) is 3.95. The van der Waals surface area contributed by atoms with Gasteiger partial charge in [0, 0.05) is 10.9 Å². The number of hydrogen-bond acceptors (Lipinski definition) is 10. The Bertz CT molecular complexity index is 1160. The zero-order valence-electron chi connectivity index (χ0n) is 16.6. The molecule has 0 radical (unpaired) electrons. The van der Waals surface area contributed by atoms with E-state index in [2.05, 4.69) is 15.5 Å². The van der Waals surface area contributed by atoms with E-state index in [-0.39, 0.29) is 39.5 Å². The molecular weight excluding hydrogens is 446 g/mol. The number of carbonyl (C=O) groups is 1. The van der Waals surface area contributed by atoms with Crippen molar-refractivity contribution < 1.29 is 32.2 Å². The summed E-state index contributed by atoms with van der Waals surface area (Å²) in [5.74, 6) is -0.582. The number of phenols is 1. The largest absolute Gasteiger partial charge is 0.502 e. The zero-order valence-corrected chi connectivity index (χ0v) is 18.2. The molecule has 2 N–H and O–H groups in total. The van der Waals surface area contributed by atoms with Crippen molar-refractivity contribution in [1.82, 2.24) is 10.4 Å². The molecule has 0 bridgehead atoms. The van der Waals surface area contributed by atoms with E-state index in [0.29, 0.717) is 11.3 Å². The van der Waals surface area contributed by atoms with Gasteiger partial charge in [-0.25, -0.2) is 18.8 Å². The molecule has 3 rings (SSSR count). The van der Waals surface area contributed by atoms with Crippen molar-refractivity contribution in [2.45, 2.75) is 11.5 Å². The average Bonchev–Trinajstić information content (AvgIpc) is 3.40. The molecule has 2 heterocycles. The summed E-state index contributed by atoms with van der Waals surface area (Å²) in [6, 6.07) is 6.22. The molecule has 0 unspecified atom stereocenters. The van der Waals surface area contributed by atoms with E-state index in [9.17, 15) is 18.3 Å². The SMILES string of the molecule is COc1cc(C=NNC(=O)c2csc(CS(=O)(=O)Cc3ccco3)n2)cc(OC)c1O. The lowest BCUT2D eigenvalue weighted by molar-refractivity contribution is 0.0950. The fraction of sp³-hybridized carbons (Fsp3) is 0.211. The predicted molar refractivity (Wildman–Crippen MR) is 113 cm³/mol. The number of amides is 1. The normalized spacial score (nSPS) is 11.5. The molecule has 31 heavy (non-hydrogen) atoms. The van der Waals surface area contributed by atoms with Gasteiger partial charge in [0.15, 0.2) is 21.3 Å². The topological polar surface area (TPSA) is 140 Å². The molecule has 2 aromatic heterocycles. The van der Waals surface area contributed by atoms with Crippen LogP contribution in [-0.4, -0.2) is 44.8 Å². The second kappa shape index (κ2) is 9.62. The highest BCUT2D eigenvalue weighted by Gasteiger charge is 2.19. The summed E-state index contributed by atoms with van der Waals surface area (Å²) in [7, 11) is -0.702. The smallest absolute Gasteiger partial charge is 0.290 e. The quantitative estimate of drug-likeness (QED) is 0.362. The summed E-state index contributed by atoms with van der Waals surface area (Å²) in [4.78, 5) is 16.3. The number of thiazole rings is 1. The number of rotatable bonds is 9. The van der Waals surface area contributed by atoms with Crippen LogP contribution < -0.4 is 14.9 Å². The predicted octanol–water partition coefficient (Wildman–Crippen LogP) is 2.34. The Hall–Kier alpha value is -3.38. The van der Waals surface area contributed by atoms with Crippen LogP contribution in [0.4, 0.5) is 0 Å². The van der Waals surface area contributed by atoms with Crippen molar-refractivity contribution in [3.63, 3.8) is 0 Å². The van der Waals surface area contributed by atoms with E-state index in [1.807, 2.05) is 0 Å². The van der Waals surface area contributed by atoms with Gasteiger partial charge in [0.25, 0.3) is 5.91 Å². The summed E-state index contributed by atoms with van der Waals surface area (Å²) in [5, 5.41) is 15.5. The lowest BCUT2D eigenvalue weighted by atomic mass is 10.2. The lowest BCUT2D eigenvalue weighted by Crippen LogP contribution is -2.18. The number of furan rings is 1. The summed E-state index contributed by atoms with van der Waals surface area (Å²) < 4.78 is 39.7. The van der Waals surface area contributed by atoms with Crippen molar-refractivity contribution in [3.8, 4) is 17.2 Å². The minimum atomic E-state index is -3.49. The minimum Gasteiger partial charge on any atom is -0.502 e. The summed E-state index contributed by atoms with van der Waals surface area (Å²) in [6.45, 7) is 0. The zero-order chi connectivity index (χ0) is 22.4. The van der Waals surface area contributed by atoms with Crippen LogP contribution in [-0.2, 0) is 21.3 Å². The van der Waals surface area contributed by atoms with E-state index < -0.39 is 15.7 Å². The highest BCUT2D eigenvalue weighted by molar-refractivity contribution is 7.89. The van der Waals surface area contributed by atoms with Gasteiger partial charge in [-0.1, -0.05) is 0 Å². The summed E-state index contributed by atoms with van der Waals surface area (Å²) in [5.41, 5.74) is 2.87. The number of aromatic hydroxyl groups is 1. The maximum atomic E-state index is 12.2. The Labute approximate surface area is 182 Å². The van der Waals surface area contributed by atoms with Crippen molar-refractivity contribution in [3.05, 3.63) is 57.9 Å². The molecule has 0 fully saturated rings. The average molecular weight is 466 g/mol. The van der Waals surface area contributed by atoms with Crippen LogP contribution in [0.5, 0.6) is 17.2 Å². The molecule has 10 nitrogen and oxygen atoms in total. The Balaban J connectivity index is 1.62. The molecule has 3 aromatic rings. The second-order valence-corrected chi connectivity index (χ2v) is 9.22. The van der Waals surface area contributed by atoms with Gasteiger partial charge < -0.3 is 19.0 Å². The van der Waals surface area contributed by atoms with Crippen LogP contribution >= 0.6 is 11.3 Å². The van der Waals surface area contributed by atoms with E-state index in [1.165, 1.54) is 44.2 Å². The third kappa shape index (κ3) is 5.83. The Kier molecular flexibility index (Phi) is 6.92. The number of hydrogen-bond donors (Lipinski definition) is 2. The number of hydrazone groups is 1. The lowest BCUT2D eigenvalue weighted by Gasteiger charge is -2.09. The number of methoxy groups -OCH3 is 2. The highest BCUT2D eigenvalue weighted by atomic mass is 32.2. The second-order valence-electron chi connectivity index (χ2n) is 6.21. The van der Waals surface area contributed by atoms with Crippen molar-refractivity contribution in [2.75, 3.05) is 14.2 Å². The molecule has 0 saturated carbocycles.